The van der Waals surface area contributed by atoms with Crippen molar-refractivity contribution >= 4 is 11.6 Å². The van der Waals surface area contributed by atoms with Gasteiger partial charge in [-0.25, -0.2) is 8.78 Å². The van der Waals surface area contributed by atoms with E-state index in [-0.39, 0.29) is 10.6 Å². The van der Waals surface area contributed by atoms with Crippen LogP contribution < -0.4 is 0 Å². The molecule has 4 heteroatoms. The summed E-state index contributed by atoms with van der Waals surface area (Å²) in [6.07, 6.45) is -1.22. The van der Waals surface area contributed by atoms with E-state index in [1.54, 1.807) is 6.07 Å². The monoisotopic (exact) mass is 296 g/mol. The summed E-state index contributed by atoms with van der Waals surface area (Å²) in [6, 6.07) is 5.53. The second kappa shape index (κ2) is 5.51. The summed E-state index contributed by atoms with van der Waals surface area (Å²) < 4.78 is 27.3. The standard InChI is InChI=1S/C16H15ClF2O/c1-8-4-10(3)11(5-9(8)2)16(20)12-6-15(19)13(17)7-14(12)18/h4-7,16,20H,1-3H3. The number of benzene rings is 2. The summed E-state index contributed by atoms with van der Waals surface area (Å²) in [7, 11) is 0. The van der Waals surface area contributed by atoms with E-state index in [1.165, 1.54) is 0 Å². The molecule has 0 saturated carbocycles. The zero-order chi connectivity index (χ0) is 15.0. The van der Waals surface area contributed by atoms with Gasteiger partial charge in [-0.3, -0.25) is 0 Å². The number of aliphatic hydroxyl groups excluding tert-OH is 1. The van der Waals surface area contributed by atoms with E-state index < -0.39 is 17.7 Å². The molecule has 0 bridgehead atoms. The number of rotatable bonds is 2. The number of aryl methyl sites for hydroxylation is 3. The third-order valence-corrected chi connectivity index (χ3v) is 3.80. The Hall–Kier alpha value is -1.45. The van der Waals surface area contributed by atoms with Gasteiger partial charge >= 0.3 is 0 Å². The highest BCUT2D eigenvalue weighted by molar-refractivity contribution is 6.30. The normalized spacial score (nSPS) is 12.6. The van der Waals surface area contributed by atoms with Crippen molar-refractivity contribution in [2.45, 2.75) is 26.9 Å². The molecule has 0 spiro atoms. The first-order chi connectivity index (χ1) is 9.31. The van der Waals surface area contributed by atoms with Gasteiger partial charge in [0, 0.05) is 5.56 Å². The minimum absolute atomic E-state index is 0.113. The Balaban J connectivity index is 2.54. The molecule has 2 aromatic carbocycles. The van der Waals surface area contributed by atoms with Crippen LogP contribution in [-0.2, 0) is 0 Å². The van der Waals surface area contributed by atoms with Crippen molar-refractivity contribution in [2.24, 2.45) is 0 Å². The van der Waals surface area contributed by atoms with Crippen LogP contribution in [0, 0.1) is 32.4 Å². The number of hydrogen-bond donors (Lipinski definition) is 1. The first-order valence-corrected chi connectivity index (χ1v) is 6.59. The Morgan fingerprint density at radius 2 is 1.45 bits per heavy atom. The maximum atomic E-state index is 13.9. The highest BCUT2D eigenvalue weighted by Gasteiger charge is 2.20. The minimum Gasteiger partial charge on any atom is -0.384 e. The number of hydrogen-bond acceptors (Lipinski definition) is 1. The minimum atomic E-state index is -1.22. The van der Waals surface area contributed by atoms with E-state index in [0.717, 1.165) is 28.8 Å². The summed E-state index contributed by atoms with van der Waals surface area (Å²) in [4.78, 5) is 0. The topological polar surface area (TPSA) is 20.2 Å². The molecule has 2 aromatic rings. The molecular weight excluding hydrogens is 282 g/mol. The lowest BCUT2D eigenvalue weighted by Gasteiger charge is -2.17. The van der Waals surface area contributed by atoms with E-state index in [4.69, 9.17) is 11.6 Å². The fraction of sp³-hybridized carbons (Fsp3) is 0.250. The smallest absolute Gasteiger partial charge is 0.142 e. The van der Waals surface area contributed by atoms with Gasteiger partial charge in [0.1, 0.15) is 17.7 Å². The predicted octanol–water partition coefficient (Wildman–Crippen LogP) is 4.63. The van der Waals surface area contributed by atoms with Crippen LogP contribution in [0.2, 0.25) is 5.02 Å². The number of aliphatic hydroxyl groups is 1. The molecule has 0 heterocycles. The van der Waals surface area contributed by atoms with Crippen LogP contribution in [0.3, 0.4) is 0 Å². The van der Waals surface area contributed by atoms with Gasteiger partial charge in [0.15, 0.2) is 0 Å². The molecule has 0 aromatic heterocycles. The predicted molar refractivity (Wildman–Crippen MR) is 76.1 cm³/mol. The molecule has 20 heavy (non-hydrogen) atoms. The average Bonchev–Trinajstić information content (AvgIpc) is 2.37. The van der Waals surface area contributed by atoms with Crippen molar-refractivity contribution in [3.8, 4) is 0 Å². The molecule has 1 unspecified atom stereocenters. The SMILES string of the molecule is Cc1cc(C)c(C(O)c2cc(F)c(Cl)cc2F)cc1C. The summed E-state index contributed by atoms with van der Waals surface area (Å²) in [5.41, 5.74) is 3.35. The van der Waals surface area contributed by atoms with Gasteiger partial charge in [-0.05, 0) is 55.2 Å². The molecule has 0 fully saturated rings. The first-order valence-electron chi connectivity index (χ1n) is 6.21. The highest BCUT2D eigenvalue weighted by Crippen LogP contribution is 2.31. The van der Waals surface area contributed by atoms with E-state index in [0.29, 0.717) is 5.56 Å². The molecule has 2 rings (SSSR count). The molecule has 0 aliphatic carbocycles. The lowest BCUT2D eigenvalue weighted by Crippen LogP contribution is -2.06. The molecule has 0 radical (unpaired) electrons. The van der Waals surface area contributed by atoms with Gasteiger partial charge in [0.25, 0.3) is 0 Å². The lowest BCUT2D eigenvalue weighted by atomic mass is 9.93. The van der Waals surface area contributed by atoms with Gasteiger partial charge in [0.2, 0.25) is 0 Å². The van der Waals surface area contributed by atoms with Crippen LogP contribution in [-0.4, -0.2) is 5.11 Å². The molecule has 106 valence electrons. The Morgan fingerprint density at radius 1 is 0.850 bits per heavy atom. The summed E-state index contributed by atoms with van der Waals surface area (Å²) >= 11 is 5.52. The van der Waals surface area contributed by atoms with Crippen molar-refractivity contribution in [2.75, 3.05) is 0 Å². The van der Waals surface area contributed by atoms with Crippen LogP contribution in [0.1, 0.15) is 33.9 Å². The van der Waals surface area contributed by atoms with E-state index in [9.17, 15) is 13.9 Å². The van der Waals surface area contributed by atoms with Crippen molar-refractivity contribution in [1.82, 2.24) is 0 Å². The fourth-order valence-electron chi connectivity index (χ4n) is 2.19. The fourth-order valence-corrected chi connectivity index (χ4v) is 2.34. The third kappa shape index (κ3) is 2.69. The van der Waals surface area contributed by atoms with E-state index >= 15 is 0 Å². The van der Waals surface area contributed by atoms with Crippen LogP contribution in [0.15, 0.2) is 24.3 Å². The van der Waals surface area contributed by atoms with E-state index in [1.807, 2.05) is 26.8 Å². The van der Waals surface area contributed by atoms with Crippen LogP contribution in [0.25, 0.3) is 0 Å². The molecule has 0 aliphatic heterocycles. The van der Waals surface area contributed by atoms with Gasteiger partial charge in [0.05, 0.1) is 5.02 Å². The first kappa shape index (κ1) is 14.9. The second-order valence-electron chi connectivity index (χ2n) is 4.98. The van der Waals surface area contributed by atoms with Gasteiger partial charge in [-0.15, -0.1) is 0 Å². The molecule has 1 N–H and O–H groups in total. The molecule has 1 atom stereocenters. The Kier molecular flexibility index (Phi) is 4.11. The summed E-state index contributed by atoms with van der Waals surface area (Å²) in [6.45, 7) is 5.69. The Labute approximate surface area is 121 Å². The molecule has 0 saturated heterocycles. The maximum absolute atomic E-state index is 13.9. The second-order valence-corrected chi connectivity index (χ2v) is 5.39. The maximum Gasteiger partial charge on any atom is 0.142 e. The number of halogens is 3. The largest absolute Gasteiger partial charge is 0.384 e. The highest BCUT2D eigenvalue weighted by atomic mass is 35.5. The lowest BCUT2D eigenvalue weighted by molar-refractivity contribution is 0.213. The molecule has 0 aliphatic rings. The average molecular weight is 297 g/mol. The van der Waals surface area contributed by atoms with E-state index in [2.05, 4.69) is 0 Å². The summed E-state index contributed by atoms with van der Waals surface area (Å²) in [5, 5.41) is 10.0. The van der Waals surface area contributed by atoms with Crippen molar-refractivity contribution in [3.05, 3.63) is 68.7 Å². The molecule has 1 nitrogen and oxygen atoms in total. The Bertz CT molecular complexity index is 611. The zero-order valence-corrected chi connectivity index (χ0v) is 12.2. The van der Waals surface area contributed by atoms with Crippen molar-refractivity contribution in [3.63, 3.8) is 0 Å². The quantitative estimate of drug-likeness (QED) is 0.801. The van der Waals surface area contributed by atoms with Gasteiger partial charge < -0.3 is 5.11 Å². The van der Waals surface area contributed by atoms with Gasteiger partial charge in [-0.2, -0.15) is 0 Å². The van der Waals surface area contributed by atoms with Crippen LogP contribution >= 0.6 is 11.6 Å². The molecule has 0 amide bonds. The van der Waals surface area contributed by atoms with Crippen molar-refractivity contribution in [1.29, 1.82) is 0 Å². The van der Waals surface area contributed by atoms with Crippen LogP contribution in [0.5, 0.6) is 0 Å². The molecular formula is C16H15ClF2O. The third-order valence-electron chi connectivity index (χ3n) is 3.51. The van der Waals surface area contributed by atoms with Crippen LogP contribution in [0.4, 0.5) is 8.78 Å². The zero-order valence-electron chi connectivity index (χ0n) is 11.5. The Morgan fingerprint density at radius 3 is 2.10 bits per heavy atom. The van der Waals surface area contributed by atoms with Crippen molar-refractivity contribution < 1.29 is 13.9 Å². The summed E-state index contributed by atoms with van der Waals surface area (Å²) in [5.74, 6) is -1.47. The van der Waals surface area contributed by atoms with Gasteiger partial charge in [-0.1, -0.05) is 23.7 Å².